The smallest absolute Gasteiger partial charge is 0.160 e. The van der Waals surface area contributed by atoms with Crippen molar-refractivity contribution < 1.29 is 4.74 Å². The van der Waals surface area contributed by atoms with Gasteiger partial charge in [0.1, 0.15) is 11.3 Å². The molecule has 19 heavy (non-hydrogen) atoms. The van der Waals surface area contributed by atoms with Crippen LogP contribution in [-0.4, -0.2) is 27.2 Å². The number of imidazole rings is 1. The Kier molecular flexibility index (Phi) is 3.05. The molecule has 1 aliphatic rings. The molecule has 2 aromatic heterocycles. The van der Waals surface area contributed by atoms with Gasteiger partial charge in [0.15, 0.2) is 5.65 Å². The lowest BCUT2D eigenvalue weighted by molar-refractivity contribution is 0.108. The van der Waals surface area contributed by atoms with Crippen LogP contribution in [0.2, 0.25) is 0 Å². The summed E-state index contributed by atoms with van der Waals surface area (Å²) >= 11 is 0. The average Bonchev–Trinajstić information content (AvgIpc) is 2.94. The number of pyridine rings is 1. The van der Waals surface area contributed by atoms with Crippen molar-refractivity contribution in [2.45, 2.75) is 51.7 Å². The highest BCUT2D eigenvalue weighted by Crippen LogP contribution is 2.26. The van der Waals surface area contributed by atoms with Crippen LogP contribution in [-0.2, 0) is 16.7 Å². The SMILES string of the molecule is CC(C)(C)n1c(CC2CCCO2)nc2cccnc21. The molecule has 1 fully saturated rings. The number of nitrogens with zero attached hydrogens (tertiary/aromatic N) is 3. The zero-order valence-electron chi connectivity index (χ0n) is 11.9. The molecule has 1 saturated heterocycles. The van der Waals surface area contributed by atoms with Gasteiger partial charge in [-0.25, -0.2) is 9.97 Å². The minimum atomic E-state index is -0.0168. The summed E-state index contributed by atoms with van der Waals surface area (Å²) in [5.74, 6) is 1.09. The monoisotopic (exact) mass is 259 g/mol. The van der Waals surface area contributed by atoms with Gasteiger partial charge >= 0.3 is 0 Å². The van der Waals surface area contributed by atoms with E-state index < -0.39 is 0 Å². The van der Waals surface area contributed by atoms with Crippen LogP contribution in [0.1, 0.15) is 39.4 Å². The lowest BCUT2D eigenvalue weighted by Gasteiger charge is -2.24. The van der Waals surface area contributed by atoms with Crippen molar-refractivity contribution in [3.8, 4) is 0 Å². The van der Waals surface area contributed by atoms with E-state index >= 15 is 0 Å². The molecule has 0 radical (unpaired) electrons. The van der Waals surface area contributed by atoms with Gasteiger partial charge in [-0.1, -0.05) is 0 Å². The summed E-state index contributed by atoms with van der Waals surface area (Å²) < 4.78 is 8.00. The van der Waals surface area contributed by atoms with Crippen molar-refractivity contribution in [3.05, 3.63) is 24.2 Å². The van der Waals surface area contributed by atoms with Crippen LogP contribution >= 0.6 is 0 Å². The predicted molar refractivity (Wildman–Crippen MR) is 75.2 cm³/mol. The second-order valence-electron chi connectivity index (χ2n) is 6.22. The second kappa shape index (κ2) is 4.60. The highest BCUT2D eigenvalue weighted by atomic mass is 16.5. The molecular formula is C15H21N3O. The Labute approximate surface area is 113 Å². The van der Waals surface area contributed by atoms with Gasteiger partial charge < -0.3 is 9.30 Å². The first-order valence-corrected chi connectivity index (χ1v) is 7.00. The molecule has 0 bridgehead atoms. The Morgan fingerprint density at radius 2 is 2.26 bits per heavy atom. The van der Waals surface area contributed by atoms with E-state index in [2.05, 4.69) is 30.3 Å². The number of hydrogen-bond acceptors (Lipinski definition) is 3. The Hall–Kier alpha value is -1.42. The van der Waals surface area contributed by atoms with Crippen molar-refractivity contribution in [1.29, 1.82) is 0 Å². The second-order valence-corrected chi connectivity index (χ2v) is 6.22. The molecule has 4 nitrogen and oxygen atoms in total. The summed E-state index contributed by atoms with van der Waals surface area (Å²) in [4.78, 5) is 9.27. The first-order valence-electron chi connectivity index (χ1n) is 7.00. The number of ether oxygens (including phenoxy) is 1. The summed E-state index contributed by atoms with van der Waals surface area (Å²) in [7, 11) is 0. The topological polar surface area (TPSA) is 39.9 Å². The van der Waals surface area contributed by atoms with Crippen LogP contribution in [0.5, 0.6) is 0 Å². The maximum Gasteiger partial charge on any atom is 0.160 e. The van der Waals surface area contributed by atoms with E-state index in [0.29, 0.717) is 6.10 Å². The van der Waals surface area contributed by atoms with Gasteiger partial charge in [-0.15, -0.1) is 0 Å². The molecule has 0 amide bonds. The van der Waals surface area contributed by atoms with E-state index in [1.54, 1.807) is 0 Å². The molecule has 4 heteroatoms. The third kappa shape index (κ3) is 2.37. The number of rotatable bonds is 2. The average molecular weight is 259 g/mol. The largest absolute Gasteiger partial charge is 0.378 e. The van der Waals surface area contributed by atoms with E-state index in [4.69, 9.17) is 9.72 Å². The Balaban J connectivity index is 2.06. The van der Waals surface area contributed by atoms with E-state index in [0.717, 1.165) is 36.4 Å². The Bertz CT molecular complexity index is 577. The van der Waals surface area contributed by atoms with Gasteiger partial charge in [0.05, 0.1) is 6.10 Å². The van der Waals surface area contributed by atoms with Gasteiger partial charge in [-0.3, -0.25) is 0 Å². The molecule has 0 aliphatic carbocycles. The lowest BCUT2D eigenvalue weighted by Crippen LogP contribution is -2.26. The zero-order chi connectivity index (χ0) is 13.5. The Morgan fingerprint density at radius 1 is 1.42 bits per heavy atom. The molecule has 102 valence electrons. The molecule has 1 atom stereocenters. The van der Waals surface area contributed by atoms with Gasteiger partial charge in [0.2, 0.25) is 0 Å². The maximum absolute atomic E-state index is 5.75. The fourth-order valence-corrected chi connectivity index (χ4v) is 2.81. The van der Waals surface area contributed by atoms with Gasteiger partial charge in [0, 0.05) is 24.8 Å². The molecule has 0 N–H and O–H groups in total. The van der Waals surface area contributed by atoms with E-state index in [9.17, 15) is 0 Å². The molecule has 0 spiro atoms. The van der Waals surface area contributed by atoms with Crippen LogP contribution in [0, 0.1) is 0 Å². The van der Waals surface area contributed by atoms with Crippen molar-refractivity contribution in [2.24, 2.45) is 0 Å². The molecule has 0 saturated carbocycles. The van der Waals surface area contributed by atoms with Crippen LogP contribution < -0.4 is 0 Å². The van der Waals surface area contributed by atoms with Crippen molar-refractivity contribution >= 4 is 11.2 Å². The summed E-state index contributed by atoms with van der Waals surface area (Å²) in [6.07, 6.45) is 5.34. The molecule has 0 aromatic carbocycles. The summed E-state index contributed by atoms with van der Waals surface area (Å²) in [6, 6.07) is 3.97. The standard InChI is InChI=1S/C15H21N3O/c1-15(2,3)18-13(10-11-6-5-9-19-11)17-12-7-4-8-16-14(12)18/h4,7-8,11H,5-6,9-10H2,1-3H3. The summed E-state index contributed by atoms with van der Waals surface area (Å²) in [5, 5.41) is 0. The Morgan fingerprint density at radius 3 is 2.95 bits per heavy atom. The van der Waals surface area contributed by atoms with Crippen molar-refractivity contribution in [3.63, 3.8) is 0 Å². The van der Waals surface area contributed by atoms with E-state index in [1.807, 2.05) is 18.3 Å². The van der Waals surface area contributed by atoms with Crippen molar-refractivity contribution in [1.82, 2.24) is 14.5 Å². The van der Waals surface area contributed by atoms with Crippen LogP contribution in [0.25, 0.3) is 11.2 Å². The van der Waals surface area contributed by atoms with Crippen LogP contribution in [0.4, 0.5) is 0 Å². The number of fused-ring (bicyclic) bond motifs is 1. The summed E-state index contributed by atoms with van der Waals surface area (Å²) in [6.45, 7) is 7.48. The van der Waals surface area contributed by atoms with Gasteiger partial charge in [-0.05, 0) is 45.7 Å². The zero-order valence-corrected chi connectivity index (χ0v) is 11.9. The fraction of sp³-hybridized carbons (Fsp3) is 0.600. The minimum Gasteiger partial charge on any atom is -0.378 e. The molecule has 3 heterocycles. The molecule has 1 unspecified atom stereocenters. The van der Waals surface area contributed by atoms with E-state index in [-0.39, 0.29) is 5.54 Å². The highest BCUT2D eigenvalue weighted by Gasteiger charge is 2.25. The third-order valence-electron chi connectivity index (χ3n) is 3.59. The highest BCUT2D eigenvalue weighted by molar-refractivity contribution is 5.71. The third-order valence-corrected chi connectivity index (χ3v) is 3.59. The van der Waals surface area contributed by atoms with Gasteiger partial charge in [-0.2, -0.15) is 0 Å². The van der Waals surface area contributed by atoms with E-state index in [1.165, 1.54) is 6.42 Å². The normalized spacial score (nSPS) is 20.3. The van der Waals surface area contributed by atoms with Crippen molar-refractivity contribution in [2.75, 3.05) is 6.61 Å². The molecule has 1 aliphatic heterocycles. The molecule has 2 aromatic rings. The predicted octanol–water partition coefficient (Wildman–Crippen LogP) is 2.91. The maximum atomic E-state index is 5.75. The quantitative estimate of drug-likeness (QED) is 0.832. The summed E-state index contributed by atoms with van der Waals surface area (Å²) in [5.41, 5.74) is 1.94. The molecule has 3 rings (SSSR count). The number of aromatic nitrogens is 3. The lowest BCUT2D eigenvalue weighted by atomic mass is 10.1. The fourth-order valence-electron chi connectivity index (χ4n) is 2.81. The minimum absolute atomic E-state index is 0.0168. The van der Waals surface area contributed by atoms with Crippen LogP contribution in [0.15, 0.2) is 18.3 Å². The van der Waals surface area contributed by atoms with Gasteiger partial charge in [0.25, 0.3) is 0 Å². The molecular weight excluding hydrogens is 238 g/mol. The first-order chi connectivity index (χ1) is 9.05. The first kappa shape index (κ1) is 12.6. The number of hydrogen-bond donors (Lipinski definition) is 0. The van der Waals surface area contributed by atoms with Crippen LogP contribution in [0.3, 0.4) is 0 Å².